The number of unbranched alkanes of at least 4 members (excludes halogenated alkanes) is 10. The summed E-state index contributed by atoms with van der Waals surface area (Å²) in [7, 11) is 0. The molecule has 0 spiro atoms. The number of hydrogen-bond acceptors (Lipinski definition) is 12. The van der Waals surface area contributed by atoms with E-state index in [0.29, 0.717) is 12.8 Å². The molecule has 0 heterocycles. The molecule has 0 rings (SSSR count). The van der Waals surface area contributed by atoms with Crippen molar-refractivity contribution < 1.29 is 60.7 Å². The Morgan fingerprint density at radius 1 is 0.489 bits per heavy atom. The lowest BCUT2D eigenvalue weighted by Crippen LogP contribution is -2.56. The largest absolute Gasteiger partial charge is 0.394 e. The predicted molar refractivity (Wildman–Crippen MR) is 167 cm³/mol. The average molecular weight is 655 g/mol. The van der Waals surface area contributed by atoms with Crippen LogP contribution in [0.3, 0.4) is 0 Å². The van der Waals surface area contributed by atoms with E-state index in [9.17, 15) is 50.4 Å². The first-order chi connectivity index (χ1) is 21.3. The predicted octanol–water partition coefficient (Wildman–Crippen LogP) is -1.42. The monoisotopic (exact) mass is 654 g/mol. The molecule has 14 nitrogen and oxygen atoms in total. The van der Waals surface area contributed by atoms with Gasteiger partial charge in [0.1, 0.15) is 42.0 Å². The molecule has 12 N–H and O–H groups in total. The van der Waals surface area contributed by atoms with E-state index in [2.05, 4.69) is 24.5 Å². The highest BCUT2D eigenvalue weighted by Crippen LogP contribution is 2.33. The summed E-state index contributed by atoms with van der Waals surface area (Å²) in [5.74, 6) is -1.51. The van der Waals surface area contributed by atoms with Crippen molar-refractivity contribution >= 4 is 11.8 Å². The van der Waals surface area contributed by atoms with E-state index in [4.69, 9.17) is 10.2 Å². The first-order valence-electron chi connectivity index (χ1n) is 16.6. The Labute approximate surface area is 267 Å². The van der Waals surface area contributed by atoms with Gasteiger partial charge in [-0.2, -0.15) is 0 Å². The molecular formula is C31H62N2O12. The van der Waals surface area contributed by atoms with Crippen LogP contribution in [0.15, 0.2) is 0 Å². The molecule has 0 aromatic heterocycles. The zero-order chi connectivity index (χ0) is 34.4. The summed E-state index contributed by atoms with van der Waals surface area (Å²) in [5.41, 5.74) is -1.67. The molecule has 2 amide bonds. The molecule has 0 aliphatic rings. The second-order valence-electron chi connectivity index (χ2n) is 12.1. The number of hydrogen-bond donors (Lipinski definition) is 12. The molecule has 0 radical (unpaired) electrons. The summed E-state index contributed by atoms with van der Waals surface area (Å²) in [5, 5.41) is 103. The van der Waals surface area contributed by atoms with Crippen LogP contribution >= 0.6 is 0 Å². The van der Waals surface area contributed by atoms with Crippen LogP contribution in [0.25, 0.3) is 0 Å². The summed E-state index contributed by atoms with van der Waals surface area (Å²) in [6, 6.07) is 0. The van der Waals surface area contributed by atoms with Crippen LogP contribution in [0.4, 0.5) is 0 Å². The normalized spacial score (nSPS) is 17.5. The van der Waals surface area contributed by atoms with E-state index >= 15 is 0 Å². The smallest absolute Gasteiger partial charge is 0.235 e. The van der Waals surface area contributed by atoms with Crippen molar-refractivity contribution in [3.05, 3.63) is 0 Å². The molecule has 0 bridgehead atoms. The minimum absolute atomic E-state index is 0.126. The van der Waals surface area contributed by atoms with Crippen molar-refractivity contribution in [2.24, 2.45) is 5.41 Å². The molecule has 0 aliphatic carbocycles. The molecule has 0 aliphatic heterocycles. The van der Waals surface area contributed by atoms with Crippen molar-refractivity contribution in [2.75, 3.05) is 26.3 Å². The van der Waals surface area contributed by atoms with Crippen molar-refractivity contribution in [1.82, 2.24) is 10.6 Å². The fourth-order valence-electron chi connectivity index (χ4n) is 5.20. The van der Waals surface area contributed by atoms with Crippen molar-refractivity contribution in [3.63, 3.8) is 0 Å². The minimum atomic E-state index is -1.91. The van der Waals surface area contributed by atoms with Gasteiger partial charge < -0.3 is 61.7 Å². The van der Waals surface area contributed by atoms with Gasteiger partial charge in [-0.3, -0.25) is 9.59 Å². The Hall–Kier alpha value is -1.46. The second kappa shape index (κ2) is 24.7. The zero-order valence-electron chi connectivity index (χ0n) is 27.1. The standard InChI is InChI=1S/C31H62N2O12/c1-3-5-7-9-11-13-15-31(16-14-12-10-8-6-4-2,29(44)32-17-21(36)25(40)27(42)23(38)19-34)30(45)33-18-22(37)26(41)28(43)24(39)20-35/h21-28,34-43H,3-20H2,1-2H3,(H,32,44)(H,33,45)/t21-,22-,23+,24+,25+,26+,27-,28-/m1/s1. The number of carbonyl (C=O) groups excluding carboxylic acids is 2. The number of nitrogens with one attached hydrogen (secondary N) is 2. The molecule has 14 heteroatoms. The van der Waals surface area contributed by atoms with E-state index in [-0.39, 0.29) is 12.8 Å². The van der Waals surface area contributed by atoms with E-state index in [1.54, 1.807) is 0 Å². The Kier molecular flexibility index (Phi) is 23.9. The first-order valence-corrected chi connectivity index (χ1v) is 16.6. The third-order valence-electron chi connectivity index (χ3n) is 8.38. The number of rotatable bonds is 28. The molecule has 0 fully saturated rings. The van der Waals surface area contributed by atoms with Crippen LogP contribution in [0.2, 0.25) is 0 Å². The summed E-state index contributed by atoms with van der Waals surface area (Å²) in [6.07, 6.45) is -3.79. The van der Waals surface area contributed by atoms with Gasteiger partial charge >= 0.3 is 0 Å². The van der Waals surface area contributed by atoms with Gasteiger partial charge in [-0.25, -0.2) is 0 Å². The topological polar surface area (TPSA) is 260 Å². The highest BCUT2D eigenvalue weighted by atomic mass is 16.4. The Bertz CT molecular complexity index is 715. The number of carbonyl (C=O) groups is 2. The molecule has 0 unspecified atom stereocenters. The van der Waals surface area contributed by atoms with E-state index < -0.39 is 92.4 Å². The maximum Gasteiger partial charge on any atom is 0.235 e. The lowest BCUT2D eigenvalue weighted by Gasteiger charge is -2.33. The first kappa shape index (κ1) is 43.5. The fourth-order valence-corrected chi connectivity index (χ4v) is 5.20. The number of aliphatic hydroxyl groups is 10. The molecule has 268 valence electrons. The van der Waals surface area contributed by atoms with Gasteiger partial charge in [0.2, 0.25) is 11.8 Å². The number of aliphatic hydroxyl groups excluding tert-OH is 10. The second-order valence-corrected chi connectivity index (χ2v) is 12.1. The molecule has 0 saturated heterocycles. The van der Waals surface area contributed by atoms with Gasteiger partial charge in [-0.15, -0.1) is 0 Å². The molecule has 0 aromatic rings. The summed E-state index contributed by atoms with van der Waals surface area (Å²) < 4.78 is 0. The van der Waals surface area contributed by atoms with Crippen molar-refractivity contribution in [2.45, 2.75) is 153 Å². The maximum atomic E-state index is 13.8. The average Bonchev–Trinajstić information content (AvgIpc) is 3.05. The lowest BCUT2D eigenvalue weighted by molar-refractivity contribution is -0.147. The van der Waals surface area contributed by atoms with E-state index in [0.717, 1.165) is 64.2 Å². The quantitative estimate of drug-likeness (QED) is 0.0343. The SMILES string of the molecule is CCCCCCCCC(CCCCCCCC)(C(=O)NC[C@@H](O)[C@H](O)[C@H](O)[C@@H](O)CO)C(=O)NC[C@@H](O)[C@H](O)[C@H](O)[C@@H](O)CO. The highest BCUT2D eigenvalue weighted by molar-refractivity contribution is 6.05. The summed E-state index contributed by atoms with van der Waals surface area (Å²) in [4.78, 5) is 27.6. The van der Waals surface area contributed by atoms with E-state index in [1.807, 2.05) is 0 Å². The lowest BCUT2D eigenvalue weighted by atomic mass is 9.75. The molecule has 0 saturated carbocycles. The van der Waals surface area contributed by atoms with Crippen LogP contribution in [0.5, 0.6) is 0 Å². The zero-order valence-corrected chi connectivity index (χ0v) is 27.1. The fraction of sp³-hybridized carbons (Fsp3) is 0.935. The van der Waals surface area contributed by atoms with Gasteiger partial charge in [0.25, 0.3) is 0 Å². The molecular weight excluding hydrogens is 592 g/mol. The van der Waals surface area contributed by atoms with Crippen LogP contribution < -0.4 is 10.6 Å². The van der Waals surface area contributed by atoms with Crippen molar-refractivity contribution in [1.29, 1.82) is 0 Å². The van der Waals surface area contributed by atoms with Gasteiger partial charge in [0.15, 0.2) is 0 Å². The highest BCUT2D eigenvalue weighted by Gasteiger charge is 2.45. The maximum absolute atomic E-state index is 13.8. The van der Waals surface area contributed by atoms with Gasteiger partial charge in [-0.1, -0.05) is 90.9 Å². The van der Waals surface area contributed by atoms with Crippen LogP contribution in [0, 0.1) is 5.41 Å². The Balaban J connectivity index is 5.99. The van der Waals surface area contributed by atoms with Gasteiger partial charge in [0.05, 0.1) is 25.4 Å². The van der Waals surface area contributed by atoms with Crippen molar-refractivity contribution in [3.8, 4) is 0 Å². The summed E-state index contributed by atoms with van der Waals surface area (Å²) >= 11 is 0. The molecule has 45 heavy (non-hydrogen) atoms. The van der Waals surface area contributed by atoms with Crippen LogP contribution in [-0.2, 0) is 9.59 Å². The van der Waals surface area contributed by atoms with E-state index in [1.165, 1.54) is 0 Å². The van der Waals surface area contributed by atoms with Crippen LogP contribution in [-0.4, -0.2) is 138 Å². The Morgan fingerprint density at radius 2 is 0.778 bits per heavy atom. The van der Waals surface area contributed by atoms with Gasteiger partial charge in [0, 0.05) is 13.1 Å². The Morgan fingerprint density at radius 3 is 1.09 bits per heavy atom. The van der Waals surface area contributed by atoms with Gasteiger partial charge in [-0.05, 0) is 12.8 Å². The molecule has 0 aromatic carbocycles. The molecule has 8 atom stereocenters. The van der Waals surface area contributed by atoms with Crippen LogP contribution in [0.1, 0.15) is 104 Å². The number of amides is 2. The minimum Gasteiger partial charge on any atom is -0.394 e. The third kappa shape index (κ3) is 15.8. The third-order valence-corrected chi connectivity index (χ3v) is 8.38. The summed E-state index contributed by atoms with van der Waals surface area (Å²) in [6.45, 7) is 1.28.